The monoisotopic (exact) mass is 293 g/mol. The lowest BCUT2D eigenvalue weighted by Crippen LogP contribution is -1.99. The van der Waals surface area contributed by atoms with Gasteiger partial charge >= 0.3 is 5.97 Å². The first-order valence-electron chi connectivity index (χ1n) is 6.15. The van der Waals surface area contributed by atoms with Crippen LogP contribution in [0.15, 0.2) is 23.6 Å². The van der Waals surface area contributed by atoms with Gasteiger partial charge in [-0.3, -0.25) is 0 Å². The minimum absolute atomic E-state index is 0.0438. The first-order chi connectivity index (χ1) is 9.65. The SMILES string of the molecule is CCCOc1cc(OC)ccc1-c1nc(C(=O)O)cs1. The van der Waals surface area contributed by atoms with Crippen molar-refractivity contribution in [2.75, 3.05) is 13.7 Å². The van der Waals surface area contributed by atoms with Gasteiger partial charge in [0.1, 0.15) is 16.5 Å². The molecule has 0 atom stereocenters. The fraction of sp³-hybridized carbons (Fsp3) is 0.286. The van der Waals surface area contributed by atoms with Crippen LogP contribution >= 0.6 is 11.3 Å². The Kier molecular flexibility index (Phi) is 4.57. The van der Waals surface area contributed by atoms with Gasteiger partial charge in [-0.05, 0) is 18.6 Å². The average Bonchev–Trinajstić information content (AvgIpc) is 2.94. The first kappa shape index (κ1) is 14.3. The lowest BCUT2D eigenvalue weighted by atomic mass is 10.2. The summed E-state index contributed by atoms with van der Waals surface area (Å²) >= 11 is 1.28. The predicted molar refractivity (Wildman–Crippen MR) is 76.8 cm³/mol. The fourth-order valence-corrected chi connectivity index (χ4v) is 2.46. The molecule has 0 spiro atoms. The molecule has 0 radical (unpaired) electrons. The number of ether oxygens (including phenoxy) is 2. The topological polar surface area (TPSA) is 68.7 Å². The van der Waals surface area contributed by atoms with E-state index in [2.05, 4.69) is 4.98 Å². The van der Waals surface area contributed by atoms with E-state index in [0.29, 0.717) is 23.1 Å². The number of hydrogen-bond donors (Lipinski definition) is 1. The van der Waals surface area contributed by atoms with E-state index in [0.717, 1.165) is 12.0 Å². The molecule has 0 unspecified atom stereocenters. The number of thiazole rings is 1. The highest BCUT2D eigenvalue weighted by Crippen LogP contribution is 2.35. The maximum absolute atomic E-state index is 10.9. The third kappa shape index (κ3) is 3.08. The molecule has 2 rings (SSSR count). The summed E-state index contributed by atoms with van der Waals surface area (Å²) in [5, 5.41) is 11.1. The lowest BCUT2D eigenvalue weighted by Gasteiger charge is -2.10. The third-order valence-corrected chi connectivity index (χ3v) is 3.48. The maximum atomic E-state index is 10.9. The van der Waals surface area contributed by atoms with E-state index in [1.165, 1.54) is 16.7 Å². The van der Waals surface area contributed by atoms with Gasteiger partial charge in [0.2, 0.25) is 0 Å². The smallest absolute Gasteiger partial charge is 0.355 e. The van der Waals surface area contributed by atoms with E-state index in [1.807, 2.05) is 13.0 Å². The number of carboxylic acid groups (broad SMARTS) is 1. The van der Waals surface area contributed by atoms with Gasteiger partial charge in [0.05, 0.1) is 19.3 Å². The molecular formula is C14H15NO4S. The summed E-state index contributed by atoms with van der Waals surface area (Å²) in [4.78, 5) is 15.0. The van der Waals surface area contributed by atoms with Crippen LogP contribution in [0.25, 0.3) is 10.6 Å². The van der Waals surface area contributed by atoms with Crippen LogP contribution in [0.4, 0.5) is 0 Å². The molecule has 0 aliphatic rings. The molecule has 6 heteroatoms. The van der Waals surface area contributed by atoms with Gasteiger partial charge in [-0.15, -0.1) is 11.3 Å². The zero-order valence-electron chi connectivity index (χ0n) is 11.3. The Morgan fingerprint density at radius 2 is 2.25 bits per heavy atom. The first-order valence-corrected chi connectivity index (χ1v) is 7.03. The molecule has 0 fully saturated rings. The van der Waals surface area contributed by atoms with Crippen LogP contribution in [0.5, 0.6) is 11.5 Å². The van der Waals surface area contributed by atoms with Crippen LogP contribution in [0.3, 0.4) is 0 Å². The normalized spacial score (nSPS) is 10.3. The van der Waals surface area contributed by atoms with Crippen molar-refractivity contribution in [3.63, 3.8) is 0 Å². The number of hydrogen-bond acceptors (Lipinski definition) is 5. The number of aromatic carboxylic acids is 1. The Bertz CT molecular complexity index is 609. The number of rotatable bonds is 6. The number of methoxy groups -OCH3 is 1. The van der Waals surface area contributed by atoms with Crippen LogP contribution in [0.1, 0.15) is 23.8 Å². The fourth-order valence-electron chi connectivity index (χ4n) is 1.63. The molecule has 106 valence electrons. The maximum Gasteiger partial charge on any atom is 0.355 e. The van der Waals surface area contributed by atoms with Crippen molar-refractivity contribution in [2.45, 2.75) is 13.3 Å². The Morgan fingerprint density at radius 1 is 1.45 bits per heavy atom. The minimum atomic E-state index is -1.03. The summed E-state index contributed by atoms with van der Waals surface area (Å²) < 4.78 is 10.9. The van der Waals surface area contributed by atoms with Crippen LogP contribution in [-0.2, 0) is 0 Å². The molecular weight excluding hydrogens is 278 g/mol. The molecule has 0 bridgehead atoms. The van der Waals surface area contributed by atoms with Gasteiger partial charge < -0.3 is 14.6 Å². The van der Waals surface area contributed by atoms with Crippen LogP contribution in [0.2, 0.25) is 0 Å². The van der Waals surface area contributed by atoms with E-state index in [1.54, 1.807) is 19.2 Å². The minimum Gasteiger partial charge on any atom is -0.497 e. The lowest BCUT2D eigenvalue weighted by molar-refractivity contribution is 0.0691. The summed E-state index contributed by atoms with van der Waals surface area (Å²) in [6, 6.07) is 5.41. The largest absolute Gasteiger partial charge is 0.497 e. The molecule has 20 heavy (non-hydrogen) atoms. The Morgan fingerprint density at radius 3 is 2.85 bits per heavy atom. The highest BCUT2D eigenvalue weighted by molar-refractivity contribution is 7.13. The molecule has 1 aromatic carbocycles. The van der Waals surface area contributed by atoms with Crippen molar-refractivity contribution in [2.24, 2.45) is 0 Å². The van der Waals surface area contributed by atoms with Crippen LogP contribution < -0.4 is 9.47 Å². The van der Waals surface area contributed by atoms with E-state index in [-0.39, 0.29) is 5.69 Å². The molecule has 5 nitrogen and oxygen atoms in total. The molecule has 1 N–H and O–H groups in total. The molecule has 0 amide bonds. The van der Waals surface area contributed by atoms with Gasteiger partial charge in [0.15, 0.2) is 5.69 Å². The molecule has 0 saturated heterocycles. The van der Waals surface area contributed by atoms with Crippen molar-refractivity contribution in [1.29, 1.82) is 0 Å². The summed E-state index contributed by atoms with van der Waals surface area (Å²) in [7, 11) is 1.59. The highest BCUT2D eigenvalue weighted by atomic mass is 32.1. The van der Waals surface area contributed by atoms with Gasteiger partial charge in [-0.2, -0.15) is 0 Å². The second-order valence-electron chi connectivity index (χ2n) is 4.05. The molecule has 2 aromatic rings. The second-order valence-corrected chi connectivity index (χ2v) is 4.91. The zero-order chi connectivity index (χ0) is 14.5. The van der Waals surface area contributed by atoms with Gasteiger partial charge in [-0.25, -0.2) is 9.78 Å². The van der Waals surface area contributed by atoms with E-state index >= 15 is 0 Å². The van der Waals surface area contributed by atoms with Crippen LogP contribution in [0, 0.1) is 0 Å². The average molecular weight is 293 g/mol. The summed E-state index contributed by atoms with van der Waals surface area (Å²) in [6.45, 7) is 2.60. The van der Waals surface area contributed by atoms with Crippen molar-refractivity contribution < 1.29 is 19.4 Å². The summed E-state index contributed by atoms with van der Waals surface area (Å²) in [5.41, 5.74) is 0.819. The van der Waals surface area contributed by atoms with Crippen molar-refractivity contribution in [3.05, 3.63) is 29.3 Å². The Labute approximate surface area is 120 Å². The standard InChI is InChI=1S/C14H15NO4S/c1-3-6-19-12-7-9(18-2)4-5-10(12)13-15-11(8-20-13)14(16)17/h4-5,7-8H,3,6H2,1-2H3,(H,16,17). The second kappa shape index (κ2) is 6.38. The van der Waals surface area contributed by atoms with E-state index < -0.39 is 5.97 Å². The van der Waals surface area contributed by atoms with Gasteiger partial charge in [0, 0.05) is 11.4 Å². The number of aromatic nitrogens is 1. The third-order valence-electron chi connectivity index (χ3n) is 2.60. The quantitative estimate of drug-likeness (QED) is 0.885. The molecule has 0 aliphatic heterocycles. The number of carboxylic acids is 1. The van der Waals surface area contributed by atoms with E-state index in [4.69, 9.17) is 14.6 Å². The van der Waals surface area contributed by atoms with E-state index in [9.17, 15) is 4.79 Å². The summed E-state index contributed by atoms with van der Waals surface area (Å²) in [6.07, 6.45) is 0.884. The number of nitrogens with zero attached hydrogens (tertiary/aromatic N) is 1. The molecule has 0 saturated carbocycles. The summed E-state index contributed by atoms with van der Waals surface area (Å²) in [5.74, 6) is 0.310. The van der Waals surface area contributed by atoms with Crippen LogP contribution in [-0.4, -0.2) is 29.8 Å². The van der Waals surface area contributed by atoms with Crippen molar-refractivity contribution in [3.8, 4) is 22.1 Å². The number of benzene rings is 1. The van der Waals surface area contributed by atoms with Gasteiger partial charge in [0.25, 0.3) is 0 Å². The molecule has 1 aromatic heterocycles. The number of carbonyl (C=O) groups is 1. The predicted octanol–water partition coefficient (Wildman–Crippen LogP) is 3.31. The van der Waals surface area contributed by atoms with Gasteiger partial charge in [-0.1, -0.05) is 6.92 Å². The molecule has 0 aliphatic carbocycles. The molecule has 1 heterocycles. The Hall–Kier alpha value is -2.08. The highest BCUT2D eigenvalue weighted by Gasteiger charge is 2.14. The van der Waals surface area contributed by atoms with Crippen molar-refractivity contribution >= 4 is 17.3 Å². The zero-order valence-corrected chi connectivity index (χ0v) is 12.1. The van der Waals surface area contributed by atoms with Crippen molar-refractivity contribution in [1.82, 2.24) is 4.98 Å². The Balaban J connectivity index is 2.39.